The van der Waals surface area contributed by atoms with Gasteiger partial charge in [-0.1, -0.05) is 34.6 Å². The molecule has 0 amide bonds. The molecule has 2 aliphatic heterocycles. The normalized spacial score (nSPS) is 42.8. The Bertz CT molecular complexity index is 641. The van der Waals surface area contributed by atoms with Crippen molar-refractivity contribution in [2.24, 2.45) is 40.4 Å². The molecule has 148 valence electrons. The molecule has 2 aliphatic carbocycles. The number of cyclic esters (lactones) is 2. The highest BCUT2D eigenvalue weighted by molar-refractivity contribution is 15.0. The maximum absolute atomic E-state index is 13.7. The van der Waals surface area contributed by atoms with Gasteiger partial charge in [0.05, 0.1) is 11.8 Å². The SMILES string of the molecule is CC1=CC2C(C(=O)O1)C2(C)C.CC1C2C(C(=O)OC1(C)F)C2(C)C.II. The summed E-state index contributed by atoms with van der Waals surface area (Å²) in [6.07, 6.45) is 2.06. The van der Waals surface area contributed by atoms with E-state index in [1.165, 1.54) is 6.92 Å². The average Bonchev–Trinajstić information content (AvgIpc) is 3.28. The van der Waals surface area contributed by atoms with Crippen LogP contribution in [-0.2, 0) is 19.1 Å². The first-order chi connectivity index (χ1) is 11.8. The third-order valence-corrected chi connectivity index (χ3v) is 6.66. The van der Waals surface area contributed by atoms with Crippen LogP contribution >= 0.6 is 37.2 Å². The predicted octanol–water partition coefficient (Wildman–Crippen LogP) is 5.63. The van der Waals surface area contributed by atoms with Gasteiger partial charge in [-0.05, 0) is 29.7 Å². The number of hydrogen-bond acceptors (Lipinski definition) is 4. The molecule has 0 aromatic heterocycles. The van der Waals surface area contributed by atoms with Crippen molar-refractivity contribution < 1.29 is 23.5 Å². The Morgan fingerprint density at radius 3 is 2.04 bits per heavy atom. The number of rotatable bonds is 0. The molecule has 7 heteroatoms. The van der Waals surface area contributed by atoms with Gasteiger partial charge in [0.15, 0.2) is 0 Å². The van der Waals surface area contributed by atoms with Crippen molar-refractivity contribution in [3.05, 3.63) is 11.8 Å². The van der Waals surface area contributed by atoms with Crippen molar-refractivity contribution in [3.8, 4) is 0 Å². The van der Waals surface area contributed by atoms with E-state index in [-0.39, 0.29) is 46.4 Å². The van der Waals surface area contributed by atoms with Crippen molar-refractivity contribution in [1.82, 2.24) is 0 Å². The van der Waals surface area contributed by atoms with Crippen LogP contribution in [0.4, 0.5) is 4.39 Å². The van der Waals surface area contributed by atoms with Crippen LogP contribution in [0.15, 0.2) is 11.8 Å². The summed E-state index contributed by atoms with van der Waals surface area (Å²) >= 11 is 4.24. The molecule has 1 saturated heterocycles. The van der Waals surface area contributed by atoms with Crippen LogP contribution in [0.2, 0.25) is 0 Å². The maximum atomic E-state index is 13.7. The number of carbonyl (C=O) groups is 2. The molecule has 0 bridgehead atoms. The Hall–Kier alpha value is 0.0700. The lowest BCUT2D eigenvalue weighted by atomic mass is 9.92. The summed E-state index contributed by atoms with van der Waals surface area (Å²) in [5.41, 5.74) is 0.0786. The van der Waals surface area contributed by atoms with E-state index >= 15 is 0 Å². The van der Waals surface area contributed by atoms with Crippen molar-refractivity contribution in [2.75, 3.05) is 0 Å². The van der Waals surface area contributed by atoms with Crippen LogP contribution in [-0.4, -0.2) is 17.8 Å². The predicted molar refractivity (Wildman–Crippen MR) is 114 cm³/mol. The van der Waals surface area contributed by atoms with E-state index in [0.717, 1.165) is 5.76 Å². The fourth-order valence-electron chi connectivity index (χ4n) is 4.68. The standard InChI is InChI=1S/C10H15FO2.C9H12O2.I2/c1-5-6-7(9(6,2)3)8(12)13-10(5,4)11;1-5-4-6-7(8(10)11-5)9(6,2)3;1-2/h5-7H,1-4H3;4,6-7H,1-3H3;. The number of hydrogen-bond donors (Lipinski definition) is 0. The van der Waals surface area contributed by atoms with Gasteiger partial charge in [0.25, 0.3) is 5.85 Å². The molecule has 0 radical (unpaired) electrons. The molecule has 0 N–H and O–H groups in total. The largest absolute Gasteiger partial charge is 0.431 e. The zero-order chi connectivity index (χ0) is 20.2. The maximum Gasteiger partial charge on any atom is 0.315 e. The Kier molecular flexibility index (Phi) is 6.15. The van der Waals surface area contributed by atoms with Gasteiger partial charge in [0.1, 0.15) is 5.76 Å². The zero-order valence-electron chi connectivity index (χ0n) is 16.2. The number of esters is 2. The highest BCUT2D eigenvalue weighted by Crippen LogP contribution is 2.67. The summed E-state index contributed by atoms with van der Waals surface area (Å²) in [6.45, 7) is 13.2. The van der Waals surface area contributed by atoms with Gasteiger partial charge in [0.2, 0.25) is 0 Å². The summed E-state index contributed by atoms with van der Waals surface area (Å²) < 4.78 is 23.5. The van der Waals surface area contributed by atoms with E-state index in [1.54, 1.807) is 0 Å². The summed E-state index contributed by atoms with van der Waals surface area (Å²) in [6, 6.07) is 0. The quantitative estimate of drug-likeness (QED) is 0.271. The summed E-state index contributed by atoms with van der Waals surface area (Å²) in [7, 11) is 0. The highest BCUT2D eigenvalue weighted by atomic mass is 128. The van der Waals surface area contributed by atoms with Crippen molar-refractivity contribution in [1.29, 1.82) is 0 Å². The number of ether oxygens (including phenoxy) is 2. The second kappa shape index (κ2) is 7.15. The van der Waals surface area contributed by atoms with Crippen LogP contribution in [0.25, 0.3) is 0 Å². The van der Waals surface area contributed by atoms with Gasteiger partial charge in [-0.25, -0.2) is 0 Å². The van der Waals surface area contributed by atoms with E-state index < -0.39 is 5.85 Å². The van der Waals surface area contributed by atoms with Gasteiger partial charge in [-0.15, -0.1) is 0 Å². The van der Waals surface area contributed by atoms with Crippen LogP contribution in [0, 0.1) is 40.4 Å². The first-order valence-electron chi connectivity index (χ1n) is 8.78. The number of alkyl halides is 1. The monoisotopic (exact) mass is 592 g/mol. The highest BCUT2D eigenvalue weighted by Gasteiger charge is 2.71. The average molecular weight is 592 g/mol. The molecule has 0 aromatic rings. The minimum atomic E-state index is -1.77. The number of halogens is 3. The first kappa shape index (κ1) is 22.4. The molecule has 26 heavy (non-hydrogen) atoms. The van der Waals surface area contributed by atoms with Gasteiger partial charge >= 0.3 is 11.9 Å². The van der Waals surface area contributed by atoms with Crippen LogP contribution in [0.5, 0.6) is 0 Å². The first-order valence-corrected chi connectivity index (χ1v) is 15.1. The molecular weight excluding hydrogens is 565 g/mol. The van der Waals surface area contributed by atoms with E-state index in [9.17, 15) is 14.0 Å². The van der Waals surface area contributed by atoms with Crippen molar-refractivity contribution >= 4 is 49.2 Å². The van der Waals surface area contributed by atoms with E-state index in [1.807, 2.05) is 27.7 Å². The molecule has 3 fully saturated rings. The molecule has 0 aromatic carbocycles. The molecular formula is C19H27FI2O4. The Morgan fingerprint density at radius 1 is 1.00 bits per heavy atom. The lowest BCUT2D eigenvalue weighted by Gasteiger charge is -2.31. The van der Waals surface area contributed by atoms with Gasteiger partial charge in [-0.3, -0.25) is 9.59 Å². The summed E-state index contributed by atoms with van der Waals surface area (Å²) in [4.78, 5) is 22.5. The zero-order valence-corrected chi connectivity index (χ0v) is 20.5. The molecule has 6 atom stereocenters. The molecule has 4 rings (SSSR count). The van der Waals surface area contributed by atoms with E-state index in [0.29, 0.717) is 5.92 Å². The third-order valence-electron chi connectivity index (χ3n) is 6.66. The lowest BCUT2D eigenvalue weighted by Crippen LogP contribution is -2.40. The number of carbonyl (C=O) groups excluding carboxylic acids is 2. The number of fused-ring (bicyclic) bond motifs is 2. The summed E-state index contributed by atoms with van der Waals surface area (Å²) in [5, 5.41) is 0. The van der Waals surface area contributed by atoms with Gasteiger partial charge in [0, 0.05) is 56.0 Å². The Morgan fingerprint density at radius 2 is 1.54 bits per heavy atom. The molecule has 4 nitrogen and oxygen atoms in total. The Balaban J connectivity index is 0.000000173. The Labute approximate surface area is 178 Å². The smallest absolute Gasteiger partial charge is 0.315 e. The molecule has 2 heterocycles. The summed E-state index contributed by atoms with van der Waals surface area (Å²) in [5.74, 6) is -0.957. The third kappa shape index (κ3) is 3.67. The molecule has 0 spiro atoms. The minimum Gasteiger partial charge on any atom is -0.431 e. The van der Waals surface area contributed by atoms with E-state index in [2.05, 4.69) is 57.2 Å². The molecule has 4 aliphatic rings. The van der Waals surface area contributed by atoms with Gasteiger partial charge in [-0.2, -0.15) is 4.39 Å². The number of allylic oxidation sites excluding steroid dienone is 2. The van der Waals surface area contributed by atoms with Crippen molar-refractivity contribution in [2.45, 2.75) is 54.3 Å². The molecule has 2 saturated carbocycles. The lowest BCUT2D eigenvalue weighted by molar-refractivity contribution is -0.204. The van der Waals surface area contributed by atoms with E-state index in [4.69, 9.17) is 9.47 Å². The minimum absolute atomic E-state index is 0.0417. The fourth-order valence-corrected chi connectivity index (χ4v) is 4.68. The molecule has 6 unspecified atom stereocenters. The van der Waals surface area contributed by atoms with Crippen LogP contribution in [0.1, 0.15) is 48.5 Å². The topological polar surface area (TPSA) is 52.6 Å². The van der Waals surface area contributed by atoms with Gasteiger partial charge < -0.3 is 9.47 Å². The fraction of sp³-hybridized carbons (Fsp3) is 0.789. The van der Waals surface area contributed by atoms with Crippen molar-refractivity contribution in [3.63, 3.8) is 0 Å². The second-order valence-corrected chi connectivity index (χ2v) is 9.04. The second-order valence-electron chi connectivity index (χ2n) is 9.04. The van der Waals surface area contributed by atoms with Crippen LogP contribution in [0.3, 0.4) is 0 Å². The van der Waals surface area contributed by atoms with Crippen LogP contribution < -0.4 is 0 Å².